The molecule has 1 aliphatic heterocycles. The van der Waals surface area contributed by atoms with E-state index in [1.54, 1.807) is 24.2 Å². The Morgan fingerprint density at radius 1 is 0.962 bits per heavy atom. The van der Waals surface area contributed by atoms with Crippen LogP contribution >= 0.6 is 0 Å². The minimum Gasteiger partial charge on any atom is -0.315 e. The number of pyridine rings is 1. The number of fused-ring (bicyclic) bond motifs is 7. The van der Waals surface area contributed by atoms with Crippen molar-refractivity contribution in [3.63, 3.8) is 0 Å². The van der Waals surface area contributed by atoms with E-state index in [1.807, 2.05) is 30.3 Å². The van der Waals surface area contributed by atoms with Gasteiger partial charge in [-0.25, -0.2) is 0 Å². The highest BCUT2D eigenvalue weighted by Gasteiger charge is 2.57. The van der Waals surface area contributed by atoms with Crippen molar-refractivity contribution in [1.82, 2.24) is 15.4 Å². The Morgan fingerprint density at radius 2 is 1.54 bits per heavy atom. The molecule has 2 aliphatic rings. The van der Waals surface area contributed by atoms with Crippen LogP contribution in [0.5, 0.6) is 0 Å². The maximum atomic E-state index is 13.3. The number of nitrogens with zero attached hydrogens (tertiary/aromatic N) is 2. The molecule has 5 rings (SSSR count). The fourth-order valence-corrected chi connectivity index (χ4v) is 4.58. The van der Waals surface area contributed by atoms with E-state index in [1.165, 1.54) is 0 Å². The summed E-state index contributed by atoms with van der Waals surface area (Å²) in [5.41, 5.74) is 7.26. The minimum absolute atomic E-state index is 0.145. The van der Waals surface area contributed by atoms with Crippen LogP contribution < -0.4 is 5.48 Å². The van der Waals surface area contributed by atoms with Gasteiger partial charge in [-0.05, 0) is 35.2 Å². The Morgan fingerprint density at radius 3 is 2.15 bits per heavy atom. The molecule has 1 aromatic heterocycles. The number of carbonyl (C=O) groups excluding carboxylic acids is 1. The Bertz CT molecular complexity index is 1000. The van der Waals surface area contributed by atoms with Gasteiger partial charge in [0.05, 0.1) is 5.56 Å². The molecule has 128 valence electrons. The molecule has 1 aliphatic carbocycles. The number of amides is 1. The number of nitrogens with one attached hydrogen (secondary N) is 1. The fraction of sp³-hybridized carbons (Fsp3) is 0.143. The summed E-state index contributed by atoms with van der Waals surface area (Å²) in [6.07, 6.45) is 2.76. The van der Waals surface area contributed by atoms with E-state index in [0.717, 1.165) is 27.8 Å². The second-order valence-corrected chi connectivity index (χ2v) is 6.70. The first kappa shape index (κ1) is 15.3. The van der Waals surface area contributed by atoms with E-state index in [0.29, 0.717) is 5.56 Å². The predicted octanol–water partition coefficient (Wildman–Crippen LogP) is 3.13. The molecule has 5 nitrogen and oxygen atoms in total. The van der Waals surface area contributed by atoms with E-state index in [9.17, 15) is 10.0 Å². The number of hydroxylamine groups is 1. The standard InChI is InChI=1S/C21H17N3O2/c1-13(23-26)24-20(25)16-12-22-11-10-19(16)21(24)17-8-4-2-6-14(17)15-7-3-5-9-18(15)21/h2-13,23,26H,1H3. The highest BCUT2D eigenvalue weighted by Crippen LogP contribution is 2.58. The number of hydrogen-bond donors (Lipinski definition) is 2. The number of benzene rings is 2. The van der Waals surface area contributed by atoms with Crippen molar-refractivity contribution in [3.8, 4) is 11.1 Å². The first-order valence-electron chi connectivity index (χ1n) is 8.58. The molecule has 2 N–H and O–H groups in total. The second kappa shape index (κ2) is 5.24. The minimum atomic E-state index is -0.780. The second-order valence-electron chi connectivity index (χ2n) is 6.70. The molecule has 2 heterocycles. The summed E-state index contributed by atoms with van der Waals surface area (Å²) in [5.74, 6) is -0.145. The molecule has 2 aromatic carbocycles. The highest BCUT2D eigenvalue weighted by atomic mass is 16.5. The van der Waals surface area contributed by atoms with Crippen molar-refractivity contribution in [2.75, 3.05) is 0 Å². The molecule has 3 aromatic rings. The van der Waals surface area contributed by atoms with Crippen LogP contribution in [0.25, 0.3) is 11.1 Å². The molecule has 0 bridgehead atoms. The largest absolute Gasteiger partial charge is 0.315 e. The number of carbonyl (C=O) groups is 1. The van der Waals surface area contributed by atoms with Crippen LogP contribution in [0.2, 0.25) is 0 Å². The average molecular weight is 343 g/mol. The number of hydrogen-bond acceptors (Lipinski definition) is 4. The van der Waals surface area contributed by atoms with Crippen LogP contribution in [0.1, 0.15) is 34.0 Å². The smallest absolute Gasteiger partial charge is 0.258 e. The number of rotatable bonds is 2. The zero-order valence-corrected chi connectivity index (χ0v) is 14.2. The Balaban J connectivity index is 1.96. The van der Waals surface area contributed by atoms with Gasteiger partial charge in [-0.3, -0.25) is 9.78 Å². The van der Waals surface area contributed by atoms with Crippen LogP contribution in [-0.4, -0.2) is 27.2 Å². The predicted molar refractivity (Wildman–Crippen MR) is 96.6 cm³/mol. The maximum Gasteiger partial charge on any atom is 0.258 e. The molecule has 1 spiro atoms. The van der Waals surface area contributed by atoms with Gasteiger partial charge < -0.3 is 10.1 Å². The summed E-state index contributed by atoms with van der Waals surface area (Å²) >= 11 is 0. The zero-order valence-electron chi connectivity index (χ0n) is 14.2. The summed E-state index contributed by atoms with van der Waals surface area (Å²) in [6, 6.07) is 18.2. The molecule has 0 saturated heterocycles. The van der Waals surface area contributed by atoms with Crippen molar-refractivity contribution in [2.45, 2.75) is 18.6 Å². The van der Waals surface area contributed by atoms with Crippen molar-refractivity contribution in [1.29, 1.82) is 0 Å². The van der Waals surface area contributed by atoms with E-state index in [-0.39, 0.29) is 5.91 Å². The van der Waals surface area contributed by atoms with Gasteiger partial charge in [0, 0.05) is 18.0 Å². The highest BCUT2D eigenvalue weighted by molar-refractivity contribution is 6.04. The van der Waals surface area contributed by atoms with Gasteiger partial charge in [0.25, 0.3) is 5.91 Å². The van der Waals surface area contributed by atoms with Crippen molar-refractivity contribution in [3.05, 3.63) is 89.2 Å². The zero-order chi connectivity index (χ0) is 17.9. The molecule has 1 atom stereocenters. The third-order valence-corrected chi connectivity index (χ3v) is 5.52. The third-order valence-electron chi connectivity index (χ3n) is 5.52. The molecule has 1 unspecified atom stereocenters. The summed E-state index contributed by atoms with van der Waals surface area (Å²) in [4.78, 5) is 19.2. The molecule has 0 radical (unpaired) electrons. The summed E-state index contributed by atoms with van der Waals surface area (Å²) in [5, 5.41) is 9.67. The average Bonchev–Trinajstić information content (AvgIpc) is 3.14. The quantitative estimate of drug-likeness (QED) is 0.702. The fourth-order valence-electron chi connectivity index (χ4n) is 4.58. The molecular formula is C21H17N3O2. The normalized spacial score (nSPS) is 17.2. The van der Waals surface area contributed by atoms with Gasteiger partial charge in [0.1, 0.15) is 11.7 Å². The van der Waals surface area contributed by atoms with E-state index in [4.69, 9.17) is 0 Å². The van der Waals surface area contributed by atoms with E-state index in [2.05, 4.69) is 34.7 Å². The van der Waals surface area contributed by atoms with Gasteiger partial charge in [0.15, 0.2) is 0 Å². The van der Waals surface area contributed by atoms with E-state index < -0.39 is 11.7 Å². The maximum absolute atomic E-state index is 13.3. The van der Waals surface area contributed by atoms with Crippen LogP contribution in [0.3, 0.4) is 0 Å². The van der Waals surface area contributed by atoms with Crippen molar-refractivity contribution >= 4 is 5.91 Å². The Hall–Kier alpha value is -3.02. The van der Waals surface area contributed by atoms with E-state index >= 15 is 0 Å². The monoisotopic (exact) mass is 343 g/mol. The van der Waals surface area contributed by atoms with Crippen molar-refractivity contribution < 1.29 is 10.0 Å². The van der Waals surface area contributed by atoms with Gasteiger partial charge >= 0.3 is 0 Å². The van der Waals surface area contributed by atoms with Crippen LogP contribution in [0.4, 0.5) is 0 Å². The van der Waals surface area contributed by atoms with Gasteiger partial charge in [-0.1, -0.05) is 48.5 Å². The van der Waals surface area contributed by atoms with Gasteiger partial charge in [0.2, 0.25) is 0 Å². The lowest BCUT2D eigenvalue weighted by Gasteiger charge is -2.41. The van der Waals surface area contributed by atoms with Gasteiger partial charge in [-0.15, -0.1) is 0 Å². The summed E-state index contributed by atoms with van der Waals surface area (Å²) in [7, 11) is 0. The topological polar surface area (TPSA) is 65.5 Å². The lowest BCUT2D eigenvalue weighted by molar-refractivity contribution is 0.0130. The van der Waals surface area contributed by atoms with Crippen LogP contribution in [-0.2, 0) is 5.54 Å². The summed E-state index contributed by atoms with van der Waals surface area (Å²) < 4.78 is 0. The SMILES string of the molecule is CC(NO)N1C(=O)c2cnccc2C12c1ccccc1-c1ccccc12. The Kier molecular flexibility index (Phi) is 3.07. The number of aromatic nitrogens is 1. The van der Waals surface area contributed by atoms with Crippen LogP contribution in [0.15, 0.2) is 67.0 Å². The molecule has 0 saturated carbocycles. The Labute approximate surface area is 150 Å². The lowest BCUT2D eigenvalue weighted by Crippen LogP contribution is -2.53. The lowest BCUT2D eigenvalue weighted by atomic mass is 9.81. The van der Waals surface area contributed by atoms with Crippen LogP contribution in [0, 0.1) is 0 Å². The third kappa shape index (κ3) is 1.62. The molecule has 1 amide bonds. The molecular weight excluding hydrogens is 326 g/mol. The first-order chi connectivity index (χ1) is 12.7. The molecule has 26 heavy (non-hydrogen) atoms. The summed E-state index contributed by atoms with van der Waals surface area (Å²) in [6.45, 7) is 1.78. The van der Waals surface area contributed by atoms with Crippen molar-refractivity contribution in [2.24, 2.45) is 0 Å². The molecule has 5 heteroatoms. The molecule has 0 fully saturated rings. The first-order valence-corrected chi connectivity index (χ1v) is 8.58. The van der Waals surface area contributed by atoms with Gasteiger partial charge in [-0.2, -0.15) is 5.48 Å².